The largest absolute Gasteiger partial charge is 0.350 e. The van der Waals surface area contributed by atoms with Crippen LogP contribution in [0.25, 0.3) is 0 Å². The van der Waals surface area contributed by atoms with Crippen LogP contribution in [-0.4, -0.2) is 28.1 Å². The molecule has 1 aromatic carbocycles. The van der Waals surface area contributed by atoms with Gasteiger partial charge < -0.3 is 10.6 Å². The van der Waals surface area contributed by atoms with Gasteiger partial charge >= 0.3 is 0 Å². The molecule has 0 saturated carbocycles. The fourth-order valence-electron chi connectivity index (χ4n) is 2.17. The van der Waals surface area contributed by atoms with Gasteiger partial charge in [-0.3, -0.25) is 14.3 Å². The third kappa shape index (κ3) is 2.54. The van der Waals surface area contributed by atoms with E-state index in [2.05, 4.69) is 15.7 Å². The summed E-state index contributed by atoms with van der Waals surface area (Å²) in [7, 11) is 0. The van der Waals surface area contributed by atoms with Crippen molar-refractivity contribution < 1.29 is 9.59 Å². The average Bonchev–Trinajstić information content (AvgIpc) is 3.05. The highest BCUT2D eigenvalue weighted by molar-refractivity contribution is 6.02. The quantitative estimate of drug-likeness (QED) is 0.863. The maximum Gasteiger partial charge on any atom is 0.251 e. The highest BCUT2D eigenvalue weighted by atomic mass is 16.2. The van der Waals surface area contributed by atoms with Crippen LogP contribution in [0.1, 0.15) is 15.9 Å². The number of amides is 2. The lowest BCUT2D eigenvalue weighted by Gasteiger charge is -2.07. The summed E-state index contributed by atoms with van der Waals surface area (Å²) in [5.74, 6) is -0.183. The summed E-state index contributed by atoms with van der Waals surface area (Å²) in [5.41, 5.74) is 2.21. The standard InChI is InChI=1S/C14H14N4O2/c19-13-9-10-2-3-11(8-12(10)17-13)14(20)15-5-7-18-6-1-4-16-18/h1-4,6,8H,5,7,9H2,(H,15,20)(H,17,19). The highest BCUT2D eigenvalue weighted by Crippen LogP contribution is 2.23. The zero-order valence-corrected chi connectivity index (χ0v) is 10.8. The van der Waals surface area contributed by atoms with Gasteiger partial charge in [0.2, 0.25) is 5.91 Å². The fraction of sp³-hybridized carbons (Fsp3) is 0.214. The van der Waals surface area contributed by atoms with E-state index in [1.165, 1.54) is 0 Å². The molecule has 1 aliphatic rings. The van der Waals surface area contributed by atoms with Crippen LogP contribution in [-0.2, 0) is 17.8 Å². The molecule has 1 aromatic heterocycles. The summed E-state index contributed by atoms with van der Waals surface area (Å²) in [4.78, 5) is 23.3. The first-order valence-electron chi connectivity index (χ1n) is 6.41. The molecule has 102 valence electrons. The summed E-state index contributed by atoms with van der Waals surface area (Å²) in [6, 6.07) is 7.10. The Morgan fingerprint density at radius 3 is 3.15 bits per heavy atom. The van der Waals surface area contributed by atoms with Gasteiger partial charge in [-0.15, -0.1) is 0 Å². The molecule has 0 atom stereocenters. The molecule has 20 heavy (non-hydrogen) atoms. The molecule has 0 radical (unpaired) electrons. The monoisotopic (exact) mass is 270 g/mol. The van der Waals surface area contributed by atoms with Crippen LogP contribution in [0.4, 0.5) is 5.69 Å². The predicted molar refractivity (Wildman–Crippen MR) is 73.3 cm³/mol. The molecule has 0 fully saturated rings. The second-order valence-electron chi connectivity index (χ2n) is 4.62. The molecule has 0 aliphatic carbocycles. The van der Waals surface area contributed by atoms with Gasteiger partial charge in [-0.05, 0) is 23.8 Å². The van der Waals surface area contributed by atoms with E-state index in [0.717, 1.165) is 11.3 Å². The van der Waals surface area contributed by atoms with Crippen LogP contribution in [0.5, 0.6) is 0 Å². The van der Waals surface area contributed by atoms with E-state index in [1.54, 1.807) is 23.0 Å². The van der Waals surface area contributed by atoms with Crippen LogP contribution in [0.15, 0.2) is 36.7 Å². The number of carbonyl (C=O) groups is 2. The molecule has 0 bridgehead atoms. The lowest BCUT2D eigenvalue weighted by Crippen LogP contribution is -2.27. The zero-order valence-electron chi connectivity index (χ0n) is 10.8. The van der Waals surface area contributed by atoms with Gasteiger partial charge in [0.1, 0.15) is 0 Å². The van der Waals surface area contributed by atoms with Gasteiger partial charge in [-0.2, -0.15) is 5.10 Å². The summed E-state index contributed by atoms with van der Waals surface area (Å²) < 4.78 is 1.75. The maximum absolute atomic E-state index is 12.0. The molecule has 0 saturated heterocycles. The molecule has 0 unspecified atom stereocenters. The molecule has 2 aromatic rings. The van der Waals surface area contributed by atoms with Crippen molar-refractivity contribution in [3.05, 3.63) is 47.8 Å². The molecular formula is C14H14N4O2. The Morgan fingerprint density at radius 1 is 1.45 bits per heavy atom. The van der Waals surface area contributed by atoms with E-state index in [9.17, 15) is 9.59 Å². The number of hydrogen-bond acceptors (Lipinski definition) is 3. The third-order valence-corrected chi connectivity index (χ3v) is 3.18. The Balaban J connectivity index is 1.60. The molecule has 2 amide bonds. The first-order valence-corrected chi connectivity index (χ1v) is 6.41. The average molecular weight is 270 g/mol. The number of nitrogens with one attached hydrogen (secondary N) is 2. The first kappa shape index (κ1) is 12.4. The number of nitrogens with zero attached hydrogens (tertiary/aromatic N) is 2. The first-order chi connectivity index (χ1) is 9.72. The van der Waals surface area contributed by atoms with E-state index in [-0.39, 0.29) is 11.8 Å². The van der Waals surface area contributed by atoms with Gasteiger partial charge in [0, 0.05) is 30.2 Å². The number of hydrogen-bond donors (Lipinski definition) is 2. The van der Waals surface area contributed by atoms with Gasteiger partial charge in [0.15, 0.2) is 0 Å². The van der Waals surface area contributed by atoms with Crippen molar-refractivity contribution >= 4 is 17.5 Å². The third-order valence-electron chi connectivity index (χ3n) is 3.18. The van der Waals surface area contributed by atoms with E-state index >= 15 is 0 Å². The lowest BCUT2D eigenvalue weighted by molar-refractivity contribution is -0.115. The molecule has 6 nitrogen and oxygen atoms in total. The van der Waals surface area contributed by atoms with E-state index in [4.69, 9.17) is 0 Å². The predicted octanol–water partition coefficient (Wildman–Crippen LogP) is 0.808. The van der Waals surface area contributed by atoms with Crippen molar-refractivity contribution in [2.45, 2.75) is 13.0 Å². The minimum absolute atomic E-state index is 0.0313. The minimum Gasteiger partial charge on any atom is -0.350 e. The van der Waals surface area contributed by atoms with Crippen molar-refractivity contribution in [2.75, 3.05) is 11.9 Å². The molecule has 0 spiro atoms. The van der Waals surface area contributed by atoms with E-state index in [1.807, 2.05) is 18.3 Å². The summed E-state index contributed by atoms with van der Waals surface area (Å²) in [6.45, 7) is 1.13. The molecule has 2 N–H and O–H groups in total. The number of anilines is 1. The van der Waals surface area contributed by atoms with Crippen molar-refractivity contribution in [1.29, 1.82) is 0 Å². The Bertz CT molecular complexity index is 649. The van der Waals surface area contributed by atoms with Crippen LogP contribution in [0.3, 0.4) is 0 Å². The summed E-state index contributed by atoms with van der Waals surface area (Å²) in [5, 5.41) is 9.62. The van der Waals surface area contributed by atoms with Crippen LogP contribution < -0.4 is 10.6 Å². The smallest absolute Gasteiger partial charge is 0.251 e. The summed E-state index contributed by atoms with van der Waals surface area (Å²) in [6.07, 6.45) is 3.93. The Labute approximate surface area is 115 Å². The molecule has 1 aliphatic heterocycles. The number of fused-ring (bicyclic) bond motifs is 1. The lowest BCUT2D eigenvalue weighted by atomic mass is 10.1. The Kier molecular flexibility index (Phi) is 3.20. The minimum atomic E-state index is -0.152. The molecular weight excluding hydrogens is 256 g/mol. The van der Waals surface area contributed by atoms with Crippen molar-refractivity contribution in [2.24, 2.45) is 0 Å². The van der Waals surface area contributed by atoms with E-state index in [0.29, 0.717) is 25.1 Å². The number of rotatable bonds is 4. The molecule has 2 heterocycles. The summed E-state index contributed by atoms with van der Waals surface area (Å²) >= 11 is 0. The van der Waals surface area contributed by atoms with Crippen molar-refractivity contribution in [1.82, 2.24) is 15.1 Å². The number of benzene rings is 1. The highest BCUT2D eigenvalue weighted by Gasteiger charge is 2.18. The number of aromatic nitrogens is 2. The van der Waals surface area contributed by atoms with Crippen LogP contribution in [0, 0.1) is 0 Å². The van der Waals surface area contributed by atoms with Gasteiger partial charge in [-0.1, -0.05) is 6.07 Å². The van der Waals surface area contributed by atoms with Gasteiger partial charge in [0.25, 0.3) is 5.91 Å². The van der Waals surface area contributed by atoms with Gasteiger partial charge in [0.05, 0.1) is 13.0 Å². The topological polar surface area (TPSA) is 76.0 Å². The molecule has 6 heteroatoms. The Hall–Kier alpha value is -2.63. The SMILES string of the molecule is O=C1Cc2ccc(C(=O)NCCn3cccn3)cc2N1. The maximum atomic E-state index is 12.0. The second kappa shape index (κ2) is 5.16. The zero-order chi connectivity index (χ0) is 13.9. The second-order valence-corrected chi connectivity index (χ2v) is 4.62. The van der Waals surface area contributed by atoms with Crippen LogP contribution >= 0.6 is 0 Å². The van der Waals surface area contributed by atoms with Crippen molar-refractivity contribution in [3.63, 3.8) is 0 Å². The van der Waals surface area contributed by atoms with Gasteiger partial charge in [-0.25, -0.2) is 0 Å². The Morgan fingerprint density at radius 2 is 2.35 bits per heavy atom. The normalized spacial score (nSPS) is 12.9. The fourth-order valence-corrected chi connectivity index (χ4v) is 2.17. The van der Waals surface area contributed by atoms with Crippen molar-refractivity contribution in [3.8, 4) is 0 Å². The van der Waals surface area contributed by atoms with E-state index < -0.39 is 0 Å². The van der Waals surface area contributed by atoms with Crippen LogP contribution in [0.2, 0.25) is 0 Å². The number of carbonyl (C=O) groups excluding carboxylic acids is 2. The molecule has 3 rings (SSSR count).